The number of carbonyl (C=O) groups is 1. The molecule has 1 aliphatic heterocycles. The summed E-state index contributed by atoms with van der Waals surface area (Å²) in [6.07, 6.45) is -1.85. The minimum atomic E-state index is -3.03. The van der Waals surface area contributed by atoms with Crippen molar-refractivity contribution in [3.63, 3.8) is 0 Å². The fourth-order valence-corrected chi connectivity index (χ4v) is 5.04. The Hall–Kier alpha value is -3.54. The van der Waals surface area contributed by atoms with Crippen LogP contribution in [0, 0.1) is 11.7 Å². The molecular formula is C26H27F4N5O2S. The highest BCUT2D eigenvalue weighted by atomic mass is 32.2. The fraction of sp³-hybridized carbons (Fsp3) is 0.346. The number of anilines is 2. The van der Waals surface area contributed by atoms with Gasteiger partial charge in [0.25, 0.3) is 12.3 Å². The number of benzene rings is 2. The van der Waals surface area contributed by atoms with E-state index in [0.717, 1.165) is 0 Å². The smallest absolute Gasteiger partial charge is 0.263 e. The molecule has 1 aliphatic rings. The summed E-state index contributed by atoms with van der Waals surface area (Å²) in [7, 11) is -3.03. The van der Waals surface area contributed by atoms with E-state index in [4.69, 9.17) is 4.78 Å². The largest absolute Gasteiger partial charge is 0.354 e. The van der Waals surface area contributed by atoms with Gasteiger partial charge in [-0.1, -0.05) is 30.3 Å². The van der Waals surface area contributed by atoms with Crippen LogP contribution in [0.5, 0.6) is 0 Å². The van der Waals surface area contributed by atoms with E-state index in [1.165, 1.54) is 42.7 Å². The number of amides is 1. The van der Waals surface area contributed by atoms with Gasteiger partial charge in [-0.3, -0.25) is 4.79 Å². The Balaban J connectivity index is 1.78. The molecule has 0 aliphatic carbocycles. The zero-order chi connectivity index (χ0) is 27.7. The number of carbonyl (C=O) groups excluding carboxylic acids is 1. The van der Waals surface area contributed by atoms with E-state index < -0.39 is 34.4 Å². The minimum Gasteiger partial charge on any atom is -0.354 e. The molecule has 0 spiro atoms. The number of alkyl halides is 4. The van der Waals surface area contributed by atoms with Crippen molar-refractivity contribution in [3.05, 3.63) is 65.2 Å². The Morgan fingerprint density at radius 1 is 1.11 bits per heavy atom. The zero-order valence-corrected chi connectivity index (χ0v) is 21.6. The van der Waals surface area contributed by atoms with E-state index in [9.17, 15) is 26.6 Å². The van der Waals surface area contributed by atoms with Gasteiger partial charge in [0, 0.05) is 53.9 Å². The van der Waals surface area contributed by atoms with Crippen LogP contribution in [-0.2, 0) is 9.73 Å². The maximum Gasteiger partial charge on any atom is 0.263 e. The van der Waals surface area contributed by atoms with Gasteiger partial charge in [-0.05, 0) is 37.1 Å². The SMILES string of the molecule is Cc1c(-c2ccc(C(F)F)cc2)nnc(N2CCCC(F)(F)CC2)c1C(=O)Nc1cccc([S@](C)(=N)=O)c1. The van der Waals surface area contributed by atoms with Crippen LogP contribution < -0.4 is 10.2 Å². The first-order chi connectivity index (χ1) is 17.9. The van der Waals surface area contributed by atoms with Crippen LogP contribution in [-0.4, -0.2) is 45.6 Å². The average Bonchev–Trinajstić information content (AvgIpc) is 3.03. The van der Waals surface area contributed by atoms with Crippen molar-refractivity contribution in [1.29, 1.82) is 4.78 Å². The lowest BCUT2D eigenvalue weighted by Crippen LogP contribution is -2.30. The third-order valence-corrected chi connectivity index (χ3v) is 7.57. The highest BCUT2D eigenvalue weighted by Crippen LogP contribution is 2.34. The third-order valence-electron chi connectivity index (χ3n) is 6.42. The molecule has 38 heavy (non-hydrogen) atoms. The number of rotatable bonds is 6. The number of halogens is 4. The van der Waals surface area contributed by atoms with Crippen LogP contribution in [0.2, 0.25) is 0 Å². The van der Waals surface area contributed by atoms with Crippen LogP contribution in [0.15, 0.2) is 53.4 Å². The molecule has 1 amide bonds. The topological polar surface area (TPSA) is 99.0 Å². The van der Waals surface area contributed by atoms with Crippen molar-refractivity contribution in [2.75, 3.05) is 29.6 Å². The Kier molecular flexibility index (Phi) is 7.73. The van der Waals surface area contributed by atoms with E-state index in [1.54, 1.807) is 24.0 Å². The molecule has 7 nitrogen and oxygen atoms in total. The first kappa shape index (κ1) is 27.5. The summed E-state index contributed by atoms with van der Waals surface area (Å²) in [4.78, 5) is 15.5. The van der Waals surface area contributed by atoms with Crippen LogP contribution in [0.3, 0.4) is 0 Å². The summed E-state index contributed by atoms with van der Waals surface area (Å²) in [6.45, 7) is 1.85. The van der Waals surface area contributed by atoms with Crippen molar-refractivity contribution in [2.45, 2.75) is 43.4 Å². The van der Waals surface area contributed by atoms with Crippen LogP contribution >= 0.6 is 0 Å². The average molecular weight is 550 g/mol. The number of aromatic nitrogens is 2. The summed E-state index contributed by atoms with van der Waals surface area (Å²) in [6, 6.07) is 11.5. The van der Waals surface area contributed by atoms with E-state index >= 15 is 0 Å². The van der Waals surface area contributed by atoms with Crippen LogP contribution in [0.1, 0.15) is 47.2 Å². The molecule has 2 N–H and O–H groups in total. The first-order valence-corrected chi connectivity index (χ1v) is 13.9. The maximum atomic E-state index is 14.1. The Bertz CT molecular complexity index is 1450. The lowest BCUT2D eigenvalue weighted by molar-refractivity contribution is -0.0102. The number of nitrogens with one attached hydrogen (secondary N) is 2. The Morgan fingerprint density at radius 3 is 2.47 bits per heavy atom. The first-order valence-electron chi connectivity index (χ1n) is 11.9. The molecule has 2 heterocycles. The third kappa shape index (κ3) is 6.12. The predicted octanol–water partition coefficient (Wildman–Crippen LogP) is 6.30. The molecule has 0 unspecified atom stereocenters. The van der Waals surface area contributed by atoms with Gasteiger partial charge in [-0.2, -0.15) is 0 Å². The Labute approximate surface area is 218 Å². The maximum absolute atomic E-state index is 14.1. The standard InChI is InChI=1S/C26H27F4N5O2S/c1-16-21(25(36)32-19-5-3-6-20(15-19)38(2,31)37)24(35-13-4-11-26(29,30)12-14-35)34-33-22(16)17-7-9-18(10-8-17)23(27)28/h3,5-10,15,23,31H,4,11-14H2,1-2H3,(H,32,36)/t38-/m1/s1. The van der Waals surface area contributed by atoms with Crippen molar-refractivity contribution < 1.29 is 26.6 Å². The molecular weight excluding hydrogens is 522 g/mol. The number of hydrogen-bond acceptors (Lipinski definition) is 6. The van der Waals surface area contributed by atoms with Gasteiger partial charge in [-0.15, -0.1) is 10.2 Å². The van der Waals surface area contributed by atoms with Gasteiger partial charge in [0.1, 0.15) is 0 Å². The highest BCUT2D eigenvalue weighted by Gasteiger charge is 2.34. The summed E-state index contributed by atoms with van der Waals surface area (Å²) < 4.78 is 74.2. The second kappa shape index (κ2) is 10.7. The summed E-state index contributed by atoms with van der Waals surface area (Å²) in [5.41, 5.74) is 1.37. The predicted molar refractivity (Wildman–Crippen MR) is 138 cm³/mol. The van der Waals surface area contributed by atoms with Crippen molar-refractivity contribution in [1.82, 2.24) is 10.2 Å². The van der Waals surface area contributed by atoms with E-state index in [2.05, 4.69) is 15.5 Å². The quantitative estimate of drug-likeness (QED) is 0.352. The van der Waals surface area contributed by atoms with Gasteiger partial charge >= 0.3 is 0 Å². The summed E-state index contributed by atoms with van der Waals surface area (Å²) in [5, 5.41) is 11.2. The molecule has 1 fully saturated rings. The molecule has 0 bridgehead atoms. The van der Waals surface area contributed by atoms with Gasteiger partial charge < -0.3 is 10.2 Å². The van der Waals surface area contributed by atoms with E-state index in [1.807, 2.05) is 0 Å². The normalized spacial score (nSPS) is 17.1. The van der Waals surface area contributed by atoms with Crippen molar-refractivity contribution in [2.24, 2.45) is 0 Å². The highest BCUT2D eigenvalue weighted by molar-refractivity contribution is 7.91. The fourth-order valence-electron chi connectivity index (χ4n) is 4.35. The van der Waals surface area contributed by atoms with Crippen molar-refractivity contribution >= 4 is 27.1 Å². The van der Waals surface area contributed by atoms with Gasteiger partial charge in [0.05, 0.1) is 21.0 Å². The number of hydrogen-bond donors (Lipinski definition) is 2. The minimum absolute atomic E-state index is 0.0317. The van der Waals surface area contributed by atoms with Crippen LogP contribution in [0.25, 0.3) is 11.3 Å². The summed E-state index contributed by atoms with van der Waals surface area (Å²) >= 11 is 0. The van der Waals surface area contributed by atoms with Gasteiger partial charge in [0.2, 0.25) is 5.92 Å². The van der Waals surface area contributed by atoms with Gasteiger partial charge in [0.15, 0.2) is 5.82 Å². The molecule has 202 valence electrons. The Morgan fingerprint density at radius 2 is 1.82 bits per heavy atom. The molecule has 3 aromatic rings. The summed E-state index contributed by atoms with van der Waals surface area (Å²) in [5.74, 6) is -3.28. The molecule has 1 saturated heterocycles. The monoisotopic (exact) mass is 549 g/mol. The van der Waals surface area contributed by atoms with E-state index in [0.29, 0.717) is 16.8 Å². The van der Waals surface area contributed by atoms with Crippen molar-refractivity contribution in [3.8, 4) is 11.3 Å². The second-order valence-corrected chi connectivity index (χ2v) is 11.5. The lowest BCUT2D eigenvalue weighted by Gasteiger charge is -2.25. The lowest BCUT2D eigenvalue weighted by atomic mass is 10.0. The zero-order valence-electron chi connectivity index (χ0n) is 20.8. The molecule has 4 rings (SSSR count). The molecule has 12 heteroatoms. The molecule has 2 aromatic carbocycles. The molecule has 0 saturated carbocycles. The second-order valence-electron chi connectivity index (χ2n) is 9.32. The molecule has 0 radical (unpaired) electrons. The molecule has 1 atom stereocenters. The molecule has 1 aromatic heterocycles. The van der Waals surface area contributed by atoms with Crippen LogP contribution in [0.4, 0.5) is 29.1 Å². The van der Waals surface area contributed by atoms with Gasteiger partial charge in [-0.25, -0.2) is 26.6 Å². The van der Waals surface area contributed by atoms with E-state index in [-0.39, 0.29) is 53.5 Å². The number of nitrogens with zero attached hydrogens (tertiary/aromatic N) is 3.